The summed E-state index contributed by atoms with van der Waals surface area (Å²) in [5, 5.41) is 3.92. The Bertz CT molecular complexity index is 663. The number of hydrogen-bond acceptors (Lipinski definition) is 5. The van der Waals surface area contributed by atoms with Crippen molar-refractivity contribution in [2.24, 2.45) is 0 Å². The van der Waals surface area contributed by atoms with Gasteiger partial charge in [0.25, 0.3) is 5.91 Å². The average molecular weight is 384 g/mol. The Kier molecular flexibility index (Phi) is 5.97. The second-order valence-electron chi connectivity index (χ2n) is 4.46. The van der Waals surface area contributed by atoms with E-state index in [1.54, 1.807) is 30.5 Å². The number of thiophene rings is 1. The summed E-state index contributed by atoms with van der Waals surface area (Å²) in [6.45, 7) is 0.210. The Morgan fingerprint density at radius 2 is 2.23 bits per heavy atom. The van der Waals surface area contributed by atoms with Crippen molar-refractivity contribution in [2.45, 2.75) is 6.54 Å². The number of hydrogen-bond donors (Lipinski definition) is 0. The van der Waals surface area contributed by atoms with Crippen LogP contribution in [0.25, 0.3) is 6.08 Å². The molecule has 0 N–H and O–H groups in total. The van der Waals surface area contributed by atoms with Gasteiger partial charge in [0.15, 0.2) is 11.3 Å². The number of nitrogens with zero attached hydrogens (tertiary/aromatic N) is 1. The number of rotatable bonds is 6. The van der Waals surface area contributed by atoms with Crippen molar-refractivity contribution < 1.29 is 18.7 Å². The number of carbonyl (C=O) groups excluding carboxylic acids is 2. The first-order valence-corrected chi connectivity index (χ1v) is 8.13. The third-order valence-corrected chi connectivity index (χ3v) is 3.90. The van der Waals surface area contributed by atoms with Gasteiger partial charge in [0.1, 0.15) is 5.76 Å². The second-order valence-corrected chi connectivity index (χ2v) is 6.03. The molecule has 0 aromatic carbocycles. The number of likely N-dealkylation sites (N-methyl/N-ethyl adjacent to an activating group) is 1. The largest absolute Gasteiger partial charge is 0.452 e. The molecule has 0 bridgehead atoms. The standard InChI is InChI=1S/C15H14BrNO4S/c1-17(8-11-6-7-22-10-11)14(18)9-20-15(19)5-3-12-2-4-13(16)21-12/h2-7,10H,8-9H2,1H3/b5-3+. The summed E-state index contributed by atoms with van der Waals surface area (Å²) >= 11 is 4.74. The van der Waals surface area contributed by atoms with E-state index < -0.39 is 5.97 Å². The molecule has 2 heterocycles. The highest BCUT2D eigenvalue weighted by molar-refractivity contribution is 9.10. The summed E-state index contributed by atoms with van der Waals surface area (Å²) < 4.78 is 10.7. The molecular weight excluding hydrogens is 370 g/mol. The van der Waals surface area contributed by atoms with Crippen LogP contribution < -0.4 is 0 Å². The highest BCUT2D eigenvalue weighted by Crippen LogP contribution is 2.15. The average Bonchev–Trinajstić information content (AvgIpc) is 3.14. The maximum Gasteiger partial charge on any atom is 0.331 e. The summed E-state index contributed by atoms with van der Waals surface area (Å²) in [7, 11) is 1.67. The molecule has 7 heteroatoms. The van der Waals surface area contributed by atoms with Gasteiger partial charge in [-0.05, 0) is 56.5 Å². The van der Waals surface area contributed by atoms with Gasteiger partial charge in [-0.25, -0.2) is 4.79 Å². The van der Waals surface area contributed by atoms with Gasteiger partial charge in [0.2, 0.25) is 0 Å². The molecule has 0 radical (unpaired) electrons. The zero-order valence-corrected chi connectivity index (χ0v) is 14.2. The van der Waals surface area contributed by atoms with Gasteiger partial charge in [0.05, 0.1) is 0 Å². The van der Waals surface area contributed by atoms with Gasteiger partial charge in [-0.2, -0.15) is 11.3 Å². The summed E-state index contributed by atoms with van der Waals surface area (Å²) in [5.41, 5.74) is 1.05. The predicted octanol–water partition coefficient (Wildman–Crippen LogP) is 3.32. The SMILES string of the molecule is CN(Cc1ccsc1)C(=O)COC(=O)/C=C/c1ccc(Br)o1. The van der Waals surface area contributed by atoms with Gasteiger partial charge < -0.3 is 14.1 Å². The minimum absolute atomic E-state index is 0.256. The molecule has 0 fully saturated rings. The topological polar surface area (TPSA) is 59.8 Å². The maximum atomic E-state index is 11.9. The predicted molar refractivity (Wildman–Crippen MR) is 87.2 cm³/mol. The lowest BCUT2D eigenvalue weighted by Crippen LogP contribution is -2.30. The van der Waals surface area contributed by atoms with Crippen molar-refractivity contribution in [3.05, 3.63) is 51.0 Å². The molecule has 0 atom stereocenters. The van der Waals surface area contributed by atoms with Crippen LogP contribution in [0.1, 0.15) is 11.3 Å². The molecule has 0 saturated carbocycles. The molecule has 2 aromatic rings. The zero-order valence-electron chi connectivity index (χ0n) is 11.8. The Labute approximate surface area is 140 Å². The molecule has 2 aromatic heterocycles. The number of esters is 1. The molecule has 2 rings (SSSR count). The molecule has 22 heavy (non-hydrogen) atoms. The lowest BCUT2D eigenvalue weighted by Gasteiger charge is -2.15. The summed E-state index contributed by atoms with van der Waals surface area (Å²) in [6.07, 6.45) is 2.70. The van der Waals surface area contributed by atoms with E-state index in [0.717, 1.165) is 5.56 Å². The molecule has 1 amide bonds. The lowest BCUT2D eigenvalue weighted by molar-refractivity contribution is -0.147. The van der Waals surface area contributed by atoms with Gasteiger partial charge in [-0.1, -0.05) is 0 Å². The lowest BCUT2D eigenvalue weighted by atomic mass is 10.3. The molecular formula is C15H14BrNO4S. The monoisotopic (exact) mass is 383 g/mol. The maximum absolute atomic E-state index is 11.9. The Morgan fingerprint density at radius 1 is 1.41 bits per heavy atom. The number of amides is 1. The Hall–Kier alpha value is -1.86. The van der Waals surface area contributed by atoms with Crippen LogP contribution in [0.2, 0.25) is 0 Å². The molecule has 5 nitrogen and oxygen atoms in total. The Balaban J connectivity index is 1.75. The van der Waals surface area contributed by atoms with Crippen molar-refractivity contribution >= 4 is 45.2 Å². The van der Waals surface area contributed by atoms with E-state index in [0.29, 0.717) is 17.0 Å². The summed E-state index contributed by atoms with van der Waals surface area (Å²) in [6, 6.07) is 5.37. The fraction of sp³-hybridized carbons (Fsp3) is 0.200. The Morgan fingerprint density at radius 3 is 2.86 bits per heavy atom. The van der Waals surface area contributed by atoms with Crippen LogP contribution in [0.15, 0.2) is 44.1 Å². The van der Waals surface area contributed by atoms with Gasteiger partial charge in [0, 0.05) is 19.7 Å². The second kappa shape index (κ2) is 7.95. The van der Waals surface area contributed by atoms with E-state index in [1.165, 1.54) is 17.1 Å². The van der Waals surface area contributed by atoms with E-state index in [2.05, 4.69) is 15.9 Å². The fourth-order valence-electron chi connectivity index (χ4n) is 1.60. The van der Waals surface area contributed by atoms with Gasteiger partial charge >= 0.3 is 5.97 Å². The first-order valence-electron chi connectivity index (χ1n) is 6.40. The molecule has 0 saturated heterocycles. The van der Waals surface area contributed by atoms with Gasteiger partial charge in [-0.3, -0.25) is 4.79 Å². The number of carbonyl (C=O) groups is 2. The quantitative estimate of drug-likeness (QED) is 0.566. The van der Waals surface area contributed by atoms with Crippen LogP contribution >= 0.6 is 27.3 Å². The van der Waals surface area contributed by atoms with Gasteiger partial charge in [-0.15, -0.1) is 0 Å². The van der Waals surface area contributed by atoms with Crippen LogP contribution in [-0.4, -0.2) is 30.4 Å². The van der Waals surface area contributed by atoms with Crippen molar-refractivity contribution in [3.63, 3.8) is 0 Å². The van der Waals surface area contributed by atoms with Crippen LogP contribution in [0, 0.1) is 0 Å². The van der Waals surface area contributed by atoms with E-state index in [4.69, 9.17) is 9.15 Å². The highest BCUT2D eigenvalue weighted by Gasteiger charge is 2.11. The number of halogens is 1. The van der Waals surface area contributed by atoms with Crippen LogP contribution in [0.5, 0.6) is 0 Å². The van der Waals surface area contributed by atoms with E-state index in [1.807, 2.05) is 16.8 Å². The number of ether oxygens (including phenoxy) is 1. The molecule has 0 spiro atoms. The third kappa shape index (κ3) is 5.16. The highest BCUT2D eigenvalue weighted by atomic mass is 79.9. The first-order chi connectivity index (χ1) is 10.5. The third-order valence-electron chi connectivity index (χ3n) is 2.74. The van der Waals surface area contributed by atoms with E-state index in [9.17, 15) is 9.59 Å². The number of furan rings is 1. The molecule has 0 aliphatic heterocycles. The molecule has 0 aliphatic carbocycles. The summed E-state index contributed by atoms with van der Waals surface area (Å²) in [5.74, 6) is -0.330. The van der Waals surface area contributed by atoms with Crippen molar-refractivity contribution in [3.8, 4) is 0 Å². The molecule has 0 unspecified atom stereocenters. The summed E-state index contributed by atoms with van der Waals surface area (Å²) in [4.78, 5) is 24.9. The first kappa shape index (κ1) is 16.5. The smallest absolute Gasteiger partial charge is 0.331 e. The van der Waals surface area contributed by atoms with E-state index in [-0.39, 0.29) is 12.5 Å². The van der Waals surface area contributed by atoms with Crippen LogP contribution in [0.4, 0.5) is 0 Å². The molecule has 116 valence electrons. The van der Waals surface area contributed by atoms with E-state index >= 15 is 0 Å². The zero-order chi connectivity index (χ0) is 15.9. The fourth-order valence-corrected chi connectivity index (χ4v) is 2.58. The van der Waals surface area contributed by atoms with Crippen LogP contribution in [0.3, 0.4) is 0 Å². The van der Waals surface area contributed by atoms with Crippen molar-refractivity contribution in [2.75, 3.05) is 13.7 Å². The normalized spacial score (nSPS) is 10.8. The minimum Gasteiger partial charge on any atom is -0.452 e. The van der Waals surface area contributed by atoms with Crippen LogP contribution in [-0.2, 0) is 20.9 Å². The minimum atomic E-state index is -0.593. The molecule has 0 aliphatic rings. The van der Waals surface area contributed by atoms with Crippen molar-refractivity contribution in [1.29, 1.82) is 0 Å². The van der Waals surface area contributed by atoms with Crippen molar-refractivity contribution in [1.82, 2.24) is 4.90 Å².